The summed E-state index contributed by atoms with van der Waals surface area (Å²) in [5.74, 6) is -1.70. The van der Waals surface area contributed by atoms with E-state index >= 15 is 0 Å². The molecule has 1 N–H and O–H groups in total. The molecular formula is C15H10BrClFNO3. The first kappa shape index (κ1) is 16.5. The number of benzene rings is 2. The molecule has 0 atom stereocenters. The maximum atomic E-state index is 12.9. The topological polar surface area (TPSA) is 55.4 Å². The molecule has 0 aromatic heterocycles. The first-order chi connectivity index (χ1) is 10.5. The quantitative estimate of drug-likeness (QED) is 0.807. The first-order valence-electron chi connectivity index (χ1n) is 6.13. The number of amides is 1. The van der Waals surface area contributed by atoms with Crippen molar-refractivity contribution in [2.45, 2.75) is 0 Å². The number of halogens is 3. The van der Waals surface area contributed by atoms with Gasteiger partial charge in [0.15, 0.2) is 6.61 Å². The summed E-state index contributed by atoms with van der Waals surface area (Å²) in [7, 11) is 0. The number of nitrogens with one attached hydrogen (secondary N) is 1. The Labute approximate surface area is 139 Å². The lowest BCUT2D eigenvalue weighted by molar-refractivity contribution is -0.119. The third kappa shape index (κ3) is 4.54. The third-order valence-electron chi connectivity index (χ3n) is 2.61. The normalized spacial score (nSPS) is 10.1. The Morgan fingerprint density at radius 2 is 1.86 bits per heavy atom. The van der Waals surface area contributed by atoms with Crippen LogP contribution in [-0.4, -0.2) is 18.5 Å². The summed E-state index contributed by atoms with van der Waals surface area (Å²) in [6, 6.07) is 10.0. The molecule has 0 unspecified atom stereocenters. The van der Waals surface area contributed by atoms with Crippen molar-refractivity contribution >= 4 is 45.1 Å². The van der Waals surface area contributed by atoms with E-state index < -0.39 is 24.3 Å². The third-order valence-corrected chi connectivity index (χ3v) is 3.52. The van der Waals surface area contributed by atoms with Crippen molar-refractivity contribution in [3.63, 3.8) is 0 Å². The van der Waals surface area contributed by atoms with Crippen molar-refractivity contribution in [2.75, 3.05) is 11.9 Å². The molecule has 4 nitrogen and oxygen atoms in total. The second-order valence-corrected chi connectivity index (χ2v) is 5.55. The average Bonchev–Trinajstić information content (AvgIpc) is 2.47. The molecule has 7 heteroatoms. The highest BCUT2D eigenvalue weighted by Gasteiger charge is 2.14. The minimum atomic E-state index is -0.724. The van der Waals surface area contributed by atoms with Crippen molar-refractivity contribution in [3.8, 4) is 0 Å². The van der Waals surface area contributed by atoms with Crippen molar-refractivity contribution in [2.24, 2.45) is 0 Å². The van der Waals surface area contributed by atoms with Gasteiger partial charge in [0, 0.05) is 15.2 Å². The molecule has 0 aliphatic rings. The van der Waals surface area contributed by atoms with E-state index in [2.05, 4.69) is 21.2 Å². The SMILES string of the molecule is O=C(COC(=O)c1ccc(F)cc1Br)Nc1ccc(Cl)cc1. The van der Waals surface area contributed by atoms with E-state index in [1.54, 1.807) is 24.3 Å². The second kappa shape index (κ2) is 7.38. The van der Waals surface area contributed by atoms with Crippen LogP contribution in [0.25, 0.3) is 0 Å². The van der Waals surface area contributed by atoms with Crippen molar-refractivity contribution in [3.05, 3.63) is 63.3 Å². The fraction of sp³-hybridized carbons (Fsp3) is 0.0667. The number of anilines is 1. The van der Waals surface area contributed by atoms with Crippen LogP contribution in [-0.2, 0) is 9.53 Å². The second-order valence-electron chi connectivity index (χ2n) is 4.26. The molecule has 2 rings (SSSR count). The van der Waals surface area contributed by atoms with Gasteiger partial charge in [0.25, 0.3) is 5.91 Å². The molecule has 0 bridgehead atoms. The average molecular weight is 387 g/mol. The molecule has 0 heterocycles. The van der Waals surface area contributed by atoms with E-state index in [1.807, 2.05) is 0 Å². The van der Waals surface area contributed by atoms with Gasteiger partial charge >= 0.3 is 5.97 Å². The Morgan fingerprint density at radius 3 is 2.50 bits per heavy atom. The van der Waals surface area contributed by atoms with Gasteiger partial charge in [-0.05, 0) is 58.4 Å². The fourth-order valence-corrected chi connectivity index (χ4v) is 2.23. The van der Waals surface area contributed by atoms with E-state index in [0.717, 1.165) is 12.1 Å². The highest BCUT2D eigenvalue weighted by atomic mass is 79.9. The standard InChI is InChI=1S/C15H10BrClFNO3/c16-13-7-10(18)3-6-12(13)15(21)22-8-14(20)19-11-4-1-9(17)2-5-11/h1-7H,8H2,(H,19,20). The van der Waals surface area contributed by atoms with Gasteiger partial charge in [0.1, 0.15) is 5.82 Å². The lowest BCUT2D eigenvalue weighted by Crippen LogP contribution is -2.21. The molecule has 0 fully saturated rings. The van der Waals surface area contributed by atoms with Gasteiger partial charge in [0.2, 0.25) is 0 Å². The molecule has 1 amide bonds. The summed E-state index contributed by atoms with van der Waals surface area (Å²) >= 11 is 8.79. The maximum Gasteiger partial charge on any atom is 0.339 e. The summed E-state index contributed by atoms with van der Waals surface area (Å²) in [5, 5.41) is 3.10. The Balaban J connectivity index is 1.90. The predicted octanol–water partition coefficient (Wildman–Crippen LogP) is 4.04. The highest BCUT2D eigenvalue weighted by Crippen LogP contribution is 2.19. The number of hydrogen-bond acceptors (Lipinski definition) is 3. The lowest BCUT2D eigenvalue weighted by Gasteiger charge is -2.07. The molecule has 0 aliphatic carbocycles. The number of rotatable bonds is 4. The summed E-state index contributed by atoms with van der Waals surface area (Å²) < 4.78 is 18.1. The van der Waals surface area contributed by atoms with Crippen LogP contribution in [0.5, 0.6) is 0 Å². The maximum absolute atomic E-state index is 12.9. The van der Waals surface area contributed by atoms with Crippen LogP contribution >= 0.6 is 27.5 Å². The minimum absolute atomic E-state index is 0.140. The van der Waals surface area contributed by atoms with Crippen molar-refractivity contribution in [1.29, 1.82) is 0 Å². The zero-order chi connectivity index (χ0) is 16.1. The van der Waals surface area contributed by atoms with Crippen LogP contribution in [0.3, 0.4) is 0 Å². The Kier molecular flexibility index (Phi) is 5.51. The van der Waals surface area contributed by atoms with Gasteiger partial charge in [-0.1, -0.05) is 11.6 Å². The summed E-state index contributed by atoms with van der Waals surface area (Å²) in [4.78, 5) is 23.5. The summed E-state index contributed by atoms with van der Waals surface area (Å²) in [6.45, 7) is -0.453. The summed E-state index contributed by atoms with van der Waals surface area (Å²) in [6.07, 6.45) is 0. The molecule has 0 saturated carbocycles. The Morgan fingerprint density at radius 1 is 1.18 bits per heavy atom. The zero-order valence-electron chi connectivity index (χ0n) is 11.1. The number of hydrogen-bond donors (Lipinski definition) is 1. The molecular weight excluding hydrogens is 377 g/mol. The van der Waals surface area contributed by atoms with E-state index in [0.29, 0.717) is 10.7 Å². The van der Waals surface area contributed by atoms with E-state index in [4.69, 9.17) is 16.3 Å². The molecule has 2 aromatic rings. The van der Waals surface area contributed by atoms with Gasteiger partial charge in [-0.3, -0.25) is 4.79 Å². The Bertz CT molecular complexity index is 706. The largest absolute Gasteiger partial charge is 0.452 e. The monoisotopic (exact) mass is 385 g/mol. The van der Waals surface area contributed by atoms with Gasteiger partial charge in [0.05, 0.1) is 5.56 Å². The molecule has 0 spiro atoms. The Hall–Kier alpha value is -1.92. The van der Waals surface area contributed by atoms with Crippen LogP contribution in [0, 0.1) is 5.82 Å². The van der Waals surface area contributed by atoms with Gasteiger partial charge in [-0.2, -0.15) is 0 Å². The zero-order valence-corrected chi connectivity index (χ0v) is 13.4. The first-order valence-corrected chi connectivity index (χ1v) is 7.30. The van der Waals surface area contributed by atoms with Crippen LogP contribution in [0.1, 0.15) is 10.4 Å². The molecule has 114 valence electrons. The fourth-order valence-electron chi connectivity index (χ4n) is 1.59. The number of ether oxygens (including phenoxy) is 1. The van der Waals surface area contributed by atoms with Gasteiger partial charge < -0.3 is 10.1 Å². The van der Waals surface area contributed by atoms with Crippen LogP contribution < -0.4 is 5.32 Å². The van der Waals surface area contributed by atoms with Gasteiger partial charge in [-0.15, -0.1) is 0 Å². The van der Waals surface area contributed by atoms with Crippen molar-refractivity contribution < 1.29 is 18.7 Å². The predicted molar refractivity (Wildman–Crippen MR) is 84.5 cm³/mol. The molecule has 0 saturated heterocycles. The molecule has 22 heavy (non-hydrogen) atoms. The number of esters is 1. The smallest absolute Gasteiger partial charge is 0.339 e. The molecule has 2 aromatic carbocycles. The lowest BCUT2D eigenvalue weighted by atomic mass is 10.2. The van der Waals surface area contributed by atoms with Gasteiger partial charge in [-0.25, -0.2) is 9.18 Å². The minimum Gasteiger partial charge on any atom is -0.452 e. The highest BCUT2D eigenvalue weighted by molar-refractivity contribution is 9.10. The van der Waals surface area contributed by atoms with Crippen LogP contribution in [0.15, 0.2) is 46.9 Å². The molecule has 0 aliphatic heterocycles. The molecule has 0 radical (unpaired) electrons. The number of carbonyl (C=O) groups excluding carboxylic acids is 2. The number of carbonyl (C=O) groups is 2. The van der Waals surface area contributed by atoms with Crippen molar-refractivity contribution in [1.82, 2.24) is 0 Å². The van der Waals surface area contributed by atoms with Crippen LogP contribution in [0.4, 0.5) is 10.1 Å². The van der Waals surface area contributed by atoms with E-state index in [1.165, 1.54) is 6.07 Å². The van der Waals surface area contributed by atoms with Crippen LogP contribution in [0.2, 0.25) is 5.02 Å². The van der Waals surface area contributed by atoms with E-state index in [9.17, 15) is 14.0 Å². The summed E-state index contributed by atoms with van der Waals surface area (Å²) in [5.41, 5.74) is 0.675. The van der Waals surface area contributed by atoms with E-state index in [-0.39, 0.29) is 10.0 Å².